The monoisotopic (exact) mass is 232 g/mol. The Bertz CT molecular complexity index is 548. The molecule has 1 N–H and O–H groups in total. The van der Waals surface area contributed by atoms with Crippen molar-refractivity contribution in [2.24, 2.45) is 0 Å². The van der Waals surface area contributed by atoms with Crippen molar-refractivity contribution in [1.82, 2.24) is 19.7 Å². The van der Waals surface area contributed by atoms with Crippen molar-refractivity contribution < 1.29 is 9.90 Å². The Morgan fingerprint density at radius 3 is 2.76 bits per heavy atom. The molecule has 6 heteroatoms. The van der Waals surface area contributed by atoms with E-state index in [-0.39, 0.29) is 11.6 Å². The van der Waals surface area contributed by atoms with Crippen LogP contribution in [0, 0.1) is 0 Å². The second-order valence-electron chi connectivity index (χ2n) is 3.89. The molecule has 0 unspecified atom stereocenters. The lowest BCUT2D eigenvalue weighted by Gasteiger charge is -2.01. The van der Waals surface area contributed by atoms with Gasteiger partial charge in [0.2, 0.25) is 0 Å². The van der Waals surface area contributed by atoms with Crippen LogP contribution in [0.2, 0.25) is 0 Å². The van der Waals surface area contributed by atoms with Crippen molar-refractivity contribution in [3.05, 3.63) is 35.9 Å². The molecule has 2 rings (SSSR count). The van der Waals surface area contributed by atoms with E-state index in [1.54, 1.807) is 6.20 Å². The minimum absolute atomic E-state index is 0.0448. The molecule has 0 saturated heterocycles. The zero-order valence-corrected chi connectivity index (χ0v) is 9.53. The highest BCUT2D eigenvalue weighted by molar-refractivity contribution is 5.85. The van der Waals surface area contributed by atoms with Crippen molar-refractivity contribution in [1.29, 1.82) is 0 Å². The number of carbonyl (C=O) groups is 1. The van der Waals surface area contributed by atoms with Crippen LogP contribution < -0.4 is 0 Å². The van der Waals surface area contributed by atoms with Gasteiger partial charge in [-0.05, 0) is 18.1 Å². The maximum atomic E-state index is 10.8. The fourth-order valence-electron chi connectivity index (χ4n) is 1.34. The van der Waals surface area contributed by atoms with Gasteiger partial charge < -0.3 is 5.11 Å². The van der Waals surface area contributed by atoms with Crippen LogP contribution in [0.25, 0.3) is 5.95 Å². The molecule has 88 valence electrons. The summed E-state index contributed by atoms with van der Waals surface area (Å²) in [4.78, 5) is 18.7. The number of hydrogen-bond acceptors (Lipinski definition) is 4. The quantitative estimate of drug-likeness (QED) is 0.866. The van der Waals surface area contributed by atoms with Crippen LogP contribution in [0.1, 0.15) is 35.9 Å². The summed E-state index contributed by atoms with van der Waals surface area (Å²) in [5, 5.41) is 13.1. The van der Waals surface area contributed by atoms with Gasteiger partial charge in [0, 0.05) is 12.4 Å². The van der Waals surface area contributed by atoms with Gasteiger partial charge >= 0.3 is 5.97 Å². The summed E-state index contributed by atoms with van der Waals surface area (Å²) in [6.45, 7) is 4.06. The van der Waals surface area contributed by atoms with Gasteiger partial charge in [-0.2, -0.15) is 5.10 Å². The predicted molar refractivity (Wildman–Crippen MR) is 60.2 cm³/mol. The largest absolute Gasteiger partial charge is 0.477 e. The lowest BCUT2D eigenvalue weighted by Crippen LogP contribution is -2.07. The van der Waals surface area contributed by atoms with Crippen molar-refractivity contribution in [2.45, 2.75) is 19.8 Å². The molecule has 0 atom stereocenters. The van der Waals surface area contributed by atoms with E-state index >= 15 is 0 Å². The first kappa shape index (κ1) is 11.3. The van der Waals surface area contributed by atoms with Gasteiger partial charge in [0.15, 0.2) is 5.69 Å². The average Bonchev–Trinajstić information content (AvgIpc) is 2.78. The van der Waals surface area contributed by atoms with Crippen LogP contribution in [-0.2, 0) is 0 Å². The molecule has 0 aliphatic heterocycles. The van der Waals surface area contributed by atoms with Crippen LogP contribution in [0.4, 0.5) is 0 Å². The van der Waals surface area contributed by atoms with Gasteiger partial charge in [0.1, 0.15) is 0 Å². The SMILES string of the molecule is CC(C)c1ccn(-c2nccc(C(=O)O)n2)n1. The Morgan fingerprint density at radius 2 is 2.18 bits per heavy atom. The molecular formula is C11H12N4O2. The van der Waals surface area contributed by atoms with E-state index in [0.717, 1.165) is 5.69 Å². The molecule has 2 aromatic heterocycles. The third-order valence-corrected chi connectivity index (χ3v) is 2.27. The Morgan fingerprint density at radius 1 is 1.41 bits per heavy atom. The maximum absolute atomic E-state index is 10.8. The minimum atomic E-state index is -1.08. The van der Waals surface area contributed by atoms with E-state index < -0.39 is 5.97 Å². The number of aromatic nitrogens is 4. The van der Waals surface area contributed by atoms with Crippen LogP contribution in [0.15, 0.2) is 24.5 Å². The fraction of sp³-hybridized carbons (Fsp3) is 0.273. The molecule has 0 bridgehead atoms. The molecule has 0 spiro atoms. The molecule has 17 heavy (non-hydrogen) atoms. The van der Waals surface area contributed by atoms with Crippen molar-refractivity contribution >= 4 is 5.97 Å². The van der Waals surface area contributed by atoms with Gasteiger partial charge in [-0.3, -0.25) is 0 Å². The molecule has 0 amide bonds. The van der Waals surface area contributed by atoms with E-state index in [2.05, 4.69) is 15.1 Å². The topological polar surface area (TPSA) is 80.9 Å². The molecule has 0 saturated carbocycles. The first-order valence-corrected chi connectivity index (χ1v) is 5.20. The molecule has 0 fully saturated rings. The third kappa shape index (κ3) is 2.30. The van der Waals surface area contributed by atoms with Crippen LogP contribution >= 0.6 is 0 Å². The van der Waals surface area contributed by atoms with E-state index in [9.17, 15) is 4.79 Å². The van der Waals surface area contributed by atoms with E-state index in [0.29, 0.717) is 5.92 Å². The van der Waals surface area contributed by atoms with Crippen molar-refractivity contribution in [3.8, 4) is 5.95 Å². The fourth-order valence-corrected chi connectivity index (χ4v) is 1.34. The number of hydrogen-bond donors (Lipinski definition) is 1. The summed E-state index contributed by atoms with van der Waals surface area (Å²) in [7, 11) is 0. The van der Waals surface area contributed by atoms with Gasteiger partial charge in [0.05, 0.1) is 5.69 Å². The van der Waals surface area contributed by atoms with Gasteiger partial charge in [-0.25, -0.2) is 19.4 Å². The zero-order chi connectivity index (χ0) is 12.4. The molecule has 0 aliphatic rings. The molecule has 2 heterocycles. The summed E-state index contributed by atoms with van der Waals surface area (Å²) >= 11 is 0. The summed E-state index contributed by atoms with van der Waals surface area (Å²) in [6.07, 6.45) is 3.12. The Hall–Kier alpha value is -2.24. The molecule has 0 aliphatic carbocycles. The number of carboxylic acid groups (broad SMARTS) is 1. The molecule has 2 aromatic rings. The highest BCUT2D eigenvalue weighted by atomic mass is 16.4. The van der Waals surface area contributed by atoms with Crippen molar-refractivity contribution in [2.75, 3.05) is 0 Å². The van der Waals surface area contributed by atoms with Crippen LogP contribution in [0.3, 0.4) is 0 Å². The number of nitrogens with zero attached hydrogens (tertiary/aromatic N) is 4. The minimum Gasteiger partial charge on any atom is -0.477 e. The maximum Gasteiger partial charge on any atom is 0.354 e. The second kappa shape index (κ2) is 4.32. The highest BCUT2D eigenvalue weighted by Crippen LogP contribution is 2.12. The standard InChI is InChI=1S/C11H12N4O2/c1-7(2)8-4-6-15(14-8)11-12-5-3-9(13-11)10(16)17/h3-7H,1-2H3,(H,16,17). The van der Waals surface area contributed by atoms with E-state index in [1.165, 1.54) is 16.9 Å². The van der Waals surface area contributed by atoms with Crippen molar-refractivity contribution in [3.63, 3.8) is 0 Å². The first-order chi connectivity index (χ1) is 8.08. The predicted octanol–water partition coefficient (Wildman–Crippen LogP) is 1.48. The number of carboxylic acids is 1. The van der Waals surface area contributed by atoms with Gasteiger partial charge in [-0.15, -0.1) is 0 Å². The Kier molecular flexibility index (Phi) is 2.86. The lowest BCUT2D eigenvalue weighted by molar-refractivity contribution is 0.0690. The van der Waals surface area contributed by atoms with Gasteiger partial charge in [-0.1, -0.05) is 13.8 Å². The number of rotatable bonds is 3. The normalized spacial score (nSPS) is 10.8. The zero-order valence-electron chi connectivity index (χ0n) is 9.53. The van der Waals surface area contributed by atoms with E-state index in [4.69, 9.17) is 5.11 Å². The summed E-state index contributed by atoms with van der Waals surface area (Å²) < 4.78 is 1.47. The summed E-state index contributed by atoms with van der Waals surface area (Å²) in [6, 6.07) is 3.21. The second-order valence-corrected chi connectivity index (χ2v) is 3.89. The van der Waals surface area contributed by atoms with E-state index in [1.807, 2.05) is 19.9 Å². The van der Waals surface area contributed by atoms with Gasteiger partial charge in [0.25, 0.3) is 5.95 Å². The summed E-state index contributed by atoms with van der Waals surface area (Å²) in [5.74, 6) is -0.513. The average molecular weight is 232 g/mol. The smallest absolute Gasteiger partial charge is 0.354 e. The van der Waals surface area contributed by atoms with Crippen LogP contribution in [0.5, 0.6) is 0 Å². The first-order valence-electron chi connectivity index (χ1n) is 5.20. The lowest BCUT2D eigenvalue weighted by atomic mass is 10.1. The summed E-state index contributed by atoms with van der Waals surface area (Å²) in [5.41, 5.74) is 0.867. The third-order valence-electron chi connectivity index (χ3n) is 2.27. The number of aromatic carboxylic acids is 1. The molecule has 0 aromatic carbocycles. The molecule has 6 nitrogen and oxygen atoms in total. The highest BCUT2D eigenvalue weighted by Gasteiger charge is 2.09. The van der Waals surface area contributed by atoms with Crippen LogP contribution in [-0.4, -0.2) is 30.8 Å². The molecular weight excluding hydrogens is 220 g/mol. The Balaban J connectivity index is 2.38. The Labute approximate surface area is 98.0 Å². The molecule has 0 radical (unpaired) electrons.